The number of anilines is 4. The molecule has 3 rings (SSSR count). The SMILES string of the molecule is CNC(=O)c1ccccc1Nc1nc(Nc2ccc(CPOCCO)cc2OC)ncc1C(F)(F)F.OCCO. The summed E-state index contributed by atoms with van der Waals surface area (Å²) in [5.74, 6) is -0.662. The first-order valence-electron chi connectivity index (χ1n) is 11.8. The largest absolute Gasteiger partial charge is 0.495 e. The van der Waals surface area contributed by atoms with Gasteiger partial charge in [-0.1, -0.05) is 18.2 Å². The summed E-state index contributed by atoms with van der Waals surface area (Å²) in [4.78, 5) is 20.0. The average Bonchev–Trinajstić information content (AvgIpc) is 2.95. The lowest BCUT2D eigenvalue weighted by Crippen LogP contribution is -2.20. The van der Waals surface area contributed by atoms with Gasteiger partial charge < -0.3 is 40.5 Å². The van der Waals surface area contributed by atoms with E-state index in [0.29, 0.717) is 23.8 Å². The summed E-state index contributed by atoms with van der Waals surface area (Å²) in [6.07, 6.45) is -3.46. The number of nitrogens with one attached hydrogen (secondary N) is 3. The van der Waals surface area contributed by atoms with Gasteiger partial charge in [0.05, 0.1) is 50.5 Å². The summed E-state index contributed by atoms with van der Waals surface area (Å²) in [7, 11) is 3.04. The Morgan fingerprint density at radius 3 is 2.38 bits per heavy atom. The van der Waals surface area contributed by atoms with Crippen molar-refractivity contribution < 1.29 is 42.5 Å². The number of hydrogen-bond acceptors (Lipinski definition) is 10. The Labute approximate surface area is 230 Å². The summed E-state index contributed by atoms with van der Waals surface area (Å²) in [6, 6.07) is 11.4. The van der Waals surface area contributed by atoms with Gasteiger partial charge in [-0.05, 0) is 29.8 Å². The second kappa shape index (κ2) is 16.5. The van der Waals surface area contributed by atoms with E-state index in [1.165, 1.54) is 26.3 Å². The van der Waals surface area contributed by atoms with E-state index in [-0.39, 0.29) is 52.4 Å². The van der Waals surface area contributed by atoms with Gasteiger partial charge in [-0.15, -0.1) is 0 Å². The molecule has 0 fully saturated rings. The smallest absolute Gasteiger partial charge is 0.421 e. The van der Waals surface area contributed by atoms with Gasteiger partial charge in [0.1, 0.15) is 17.1 Å². The Hall–Kier alpha value is -3.55. The predicted molar refractivity (Wildman–Crippen MR) is 146 cm³/mol. The first-order valence-corrected chi connectivity index (χ1v) is 12.9. The quantitative estimate of drug-likeness (QED) is 0.137. The molecule has 15 heteroatoms. The van der Waals surface area contributed by atoms with Crippen LogP contribution in [-0.2, 0) is 16.9 Å². The highest BCUT2D eigenvalue weighted by Crippen LogP contribution is 2.37. The number of carbonyl (C=O) groups excluding carboxylic acids is 1. The topological polar surface area (TPSA) is 158 Å². The number of rotatable bonds is 12. The number of hydrogen-bond donors (Lipinski definition) is 6. The molecule has 1 unspecified atom stereocenters. The van der Waals surface area contributed by atoms with Gasteiger partial charge in [0.25, 0.3) is 5.91 Å². The molecule has 0 saturated carbocycles. The summed E-state index contributed by atoms with van der Waals surface area (Å²) < 4.78 is 51.8. The molecule has 2 aromatic carbocycles. The van der Waals surface area contributed by atoms with Crippen LogP contribution in [0.2, 0.25) is 0 Å². The van der Waals surface area contributed by atoms with Gasteiger partial charge in [-0.2, -0.15) is 18.2 Å². The standard InChI is InChI=1S/C23H25F3N5O4P.C2H6O2/c1-27-21(33)15-5-3-4-6-17(15)29-20-16(23(24,25)26)12-28-22(31-20)30-18-8-7-14(11-19(18)34-2)13-36-35-10-9-32;3-1-2-4/h3-8,11-12,32,36H,9-10,13H2,1-2H3,(H,27,33)(H2,28,29,30,31);3-4H,1-2H2. The van der Waals surface area contributed by atoms with Gasteiger partial charge in [0, 0.05) is 28.2 Å². The highest BCUT2D eigenvalue weighted by atomic mass is 31.1. The van der Waals surface area contributed by atoms with Gasteiger partial charge in [-0.25, -0.2) is 4.98 Å². The van der Waals surface area contributed by atoms with Crippen LogP contribution in [0.25, 0.3) is 0 Å². The van der Waals surface area contributed by atoms with E-state index < -0.39 is 23.5 Å². The fourth-order valence-electron chi connectivity index (χ4n) is 3.12. The molecule has 11 nitrogen and oxygen atoms in total. The van der Waals surface area contributed by atoms with Gasteiger partial charge >= 0.3 is 6.18 Å². The third kappa shape index (κ3) is 9.88. The highest BCUT2D eigenvalue weighted by Gasteiger charge is 2.35. The van der Waals surface area contributed by atoms with Crippen LogP contribution in [0.5, 0.6) is 5.75 Å². The molecule has 0 bridgehead atoms. The van der Waals surface area contributed by atoms with E-state index in [4.69, 9.17) is 24.6 Å². The van der Waals surface area contributed by atoms with E-state index in [9.17, 15) is 18.0 Å². The normalized spacial score (nSPS) is 11.1. The van der Waals surface area contributed by atoms with E-state index in [0.717, 1.165) is 5.56 Å². The number of para-hydroxylation sites is 1. The van der Waals surface area contributed by atoms with Crippen molar-refractivity contribution in [1.82, 2.24) is 15.3 Å². The number of nitrogens with zero attached hydrogens (tertiary/aromatic N) is 2. The number of benzene rings is 2. The van der Waals surface area contributed by atoms with Crippen molar-refractivity contribution in [3.05, 3.63) is 65.4 Å². The number of aromatic nitrogens is 2. The van der Waals surface area contributed by atoms with Gasteiger partial charge in [-0.3, -0.25) is 4.79 Å². The van der Waals surface area contributed by atoms with Crippen LogP contribution in [0, 0.1) is 0 Å². The number of aliphatic hydroxyl groups is 3. The molecule has 1 heterocycles. The number of halogens is 3. The third-order valence-electron chi connectivity index (χ3n) is 4.93. The summed E-state index contributed by atoms with van der Waals surface area (Å²) >= 11 is 0. The Morgan fingerprint density at radius 1 is 1.02 bits per heavy atom. The molecule has 0 radical (unpaired) electrons. The van der Waals surface area contributed by atoms with E-state index in [1.54, 1.807) is 24.3 Å². The molecule has 1 aromatic heterocycles. The van der Waals surface area contributed by atoms with E-state index in [2.05, 4.69) is 25.9 Å². The third-order valence-corrected chi connectivity index (χ3v) is 5.89. The maximum atomic E-state index is 13.7. The molecule has 40 heavy (non-hydrogen) atoms. The van der Waals surface area contributed by atoms with Crippen molar-refractivity contribution in [3.8, 4) is 5.75 Å². The number of alkyl halides is 3. The van der Waals surface area contributed by atoms with Crippen molar-refractivity contribution in [2.45, 2.75) is 12.3 Å². The number of carbonyl (C=O) groups is 1. The van der Waals surface area contributed by atoms with Crippen molar-refractivity contribution in [1.29, 1.82) is 0 Å². The second-order valence-electron chi connectivity index (χ2n) is 7.70. The van der Waals surface area contributed by atoms with Crippen molar-refractivity contribution in [2.75, 3.05) is 51.2 Å². The minimum absolute atomic E-state index is 0.0550. The molecule has 0 spiro atoms. The number of aliphatic hydroxyl groups excluding tert-OH is 3. The van der Waals surface area contributed by atoms with Crippen LogP contribution in [-0.4, -0.2) is 71.8 Å². The lowest BCUT2D eigenvalue weighted by Gasteiger charge is -2.17. The van der Waals surface area contributed by atoms with Crippen LogP contribution in [0.4, 0.5) is 36.3 Å². The first-order chi connectivity index (χ1) is 19.2. The lowest BCUT2D eigenvalue weighted by atomic mass is 10.1. The summed E-state index contributed by atoms with van der Waals surface area (Å²) in [6.45, 7) is -0.0506. The van der Waals surface area contributed by atoms with Gasteiger partial charge in [0.2, 0.25) is 5.95 Å². The Balaban J connectivity index is 0.00000131. The van der Waals surface area contributed by atoms with Crippen LogP contribution < -0.4 is 20.7 Å². The maximum absolute atomic E-state index is 13.7. The molecular weight excluding hydrogens is 554 g/mol. The zero-order valence-corrected chi connectivity index (χ0v) is 22.7. The molecular formula is C25H31F3N5O6P. The zero-order valence-electron chi connectivity index (χ0n) is 21.7. The molecule has 0 aliphatic heterocycles. The monoisotopic (exact) mass is 585 g/mol. The molecule has 218 valence electrons. The zero-order chi connectivity index (χ0) is 29.5. The van der Waals surface area contributed by atoms with Crippen LogP contribution >= 0.6 is 8.81 Å². The van der Waals surface area contributed by atoms with Crippen molar-refractivity contribution in [3.63, 3.8) is 0 Å². The minimum Gasteiger partial charge on any atom is -0.495 e. The molecule has 1 atom stereocenters. The van der Waals surface area contributed by atoms with Gasteiger partial charge in [0.15, 0.2) is 0 Å². The molecule has 0 saturated heterocycles. The molecule has 0 aliphatic carbocycles. The Bertz CT molecular complexity index is 1230. The number of methoxy groups -OCH3 is 1. The molecule has 0 aliphatic rings. The van der Waals surface area contributed by atoms with Crippen LogP contribution in [0.1, 0.15) is 21.5 Å². The van der Waals surface area contributed by atoms with Crippen LogP contribution in [0.15, 0.2) is 48.7 Å². The van der Waals surface area contributed by atoms with E-state index in [1.807, 2.05) is 6.07 Å². The Morgan fingerprint density at radius 2 is 1.75 bits per heavy atom. The van der Waals surface area contributed by atoms with Crippen molar-refractivity contribution in [2.24, 2.45) is 0 Å². The maximum Gasteiger partial charge on any atom is 0.421 e. The summed E-state index contributed by atoms with van der Waals surface area (Å²) in [5.41, 5.74) is 0.568. The molecule has 3 aromatic rings. The second-order valence-corrected chi connectivity index (χ2v) is 8.63. The van der Waals surface area contributed by atoms with Crippen LogP contribution in [0.3, 0.4) is 0 Å². The molecule has 6 N–H and O–H groups in total. The number of ether oxygens (including phenoxy) is 1. The fourth-order valence-corrected chi connectivity index (χ4v) is 3.84. The predicted octanol–water partition coefficient (Wildman–Crippen LogP) is 3.42. The number of amides is 1. The molecule has 1 amide bonds. The lowest BCUT2D eigenvalue weighted by molar-refractivity contribution is -0.137. The summed E-state index contributed by atoms with van der Waals surface area (Å²) in [5, 5.41) is 32.0. The Kier molecular flexibility index (Phi) is 13.5. The average molecular weight is 586 g/mol. The van der Waals surface area contributed by atoms with Crippen molar-refractivity contribution >= 4 is 37.9 Å². The fraction of sp³-hybridized carbons (Fsp3) is 0.320. The highest BCUT2D eigenvalue weighted by molar-refractivity contribution is 7.31. The first kappa shape index (κ1) is 32.7. The van der Waals surface area contributed by atoms with E-state index >= 15 is 0 Å². The minimum atomic E-state index is -4.74.